The van der Waals surface area contributed by atoms with E-state index in [1.165, 1.54) is 6.42 Å². The molecule has 1 aromatic rings. The minimum absolute atomic E-state index is 0.189. The molecule has 1 aromatic heterocycles. The normalized spacial score (nSPS) is 23.2. The molecule has 1 atom stereocenters. The Labute approximate surface area is 75.1 Å². The average molecular weight is 184 g/mol. The molecule has 0 spiro atoms. The van der Waals surface area contributed by atoms with Crippen LogP contribution in [-0.2, 0) is 11.2 Å². The highest BCUT2D eigenvalue weighted by atomic mass is 16.5. The van der Waals surface area contributed by atoms with E-state index in [2.05, 4.69) is 14.7 Å². The summed E-state index contributed by atoms with van der Waals surface area (Å²) >= 11 is 0. The van der Waals surface area contributed by atoms with Gasteiger partial charge in [-0.15, -0.1) is 0 Å². The van der Waals surface area contributed by atoms with Crippen LogP contribution in [0.3, 0.4) is 0 Å². The Morgan fingerprint density at radius 2 is 2.46 bits per heavy atom. The fraction of sp³-hybridized carbons (Fsp3) is 0.750. The molecule has 13 heavy (non-hydrogen) atoms. The van der Waals surface area contributed by atoms with Gasteiger partial charge in [0.25, 0.3) is 0 Å². The number of H-pyrrole nitrogens is 1. The number of hydrogen-bond acceptors (Lipinski definition) is 4. The number of nitrogens with one attached hydrogen (secondary N) is 1. The molecular formula is C8H12N2O3. The molecule has 5 nitrogen and oxygen atoms in total. The van der Waals surface area contributed by atoms with Crippen molar-refractivity contribution in [3.8, 4) is 0 Å². The lowest BCUT2D eigenvalue weighted by Gasteiger charge is -2.20. The molecule has 2 heterocycles. The van der Waals surface area contributed by atoms with Crippen LogP contribution in [0.5, 0.6) is 0 Å². The first-order valence-electron chi connectivity index (χ1n) is 4.51. The number of nitrogens with zero attached hydrogens (tertiary/aromatic N) is 1. The van der Waals surface area contributed by atoms with Gasteiger partial charge in [-0.25, -0.2) is 4.79 Å². The Morgan fingerprint density at radius 3 is 3.08 bits per heavy atom. The summed E-state index contributed by atoms with van der Waals surface area (Å²) < 4.78 is 9.88. The van der Waals surface area contributed by atoms with E-state index in [0.717, 1.165) is 19.4 Å². The van der Waals surface area contributed by atoms with E-state index in [4.69, 9.17) is 4.74 Å². The maximum Gasteiger partial charge on any atom is 0.438 e. The summed E-state index contributed by atoms with van der Waals surface area (Å²) in [5.41, 5.74) is 0. The standard InChI is InChI=1S/C8H12N2O3/c11-8-9-7(10-13-8)5-6-3-1-2-4-12-6/h6H,1-5H2,(H,9,10,11). The lowest BCUT2D eigenvalue weighted by molar-refractivity contribution is 0.0153. The quantitative estimate of drug-likeness (QED) is 0.725. The third kappa shape index (κ3) is 2.18. The Hall–Kier alpha value is -1.10. The van der Waals surface area contributed by atoms with Crippen molar-refractivity contribution in [3.05, 3.63) is 16.4 Å². The lowest BCUT2D eigenvalue weighted by Crippen LogP contribution is -2.22. The maximum atomic E-state index is 10.6. The van der Waals surface area contributed by atoms with Gasteiger partial charge in [0, 0.05) is 13.0 Å². The molecule has 1 saturated heterocycles. The van der Waals surface area contributed by atoms with Gasteiger partial charge in [0.2, 0.25) is 0 Å². The van der Waals surface area contributed by atoms with Crippen molar-refractivity contribution < 1.29 is 9.26 Å². The molecule has 1 N–H and O–H groups in total. The minimum atomic E-state index is -0.495. The molecule has 0 bridgehead atoms. The first-order chi connectivity index (χ1) is 6.34. The molecule has 0 saturated carbocycles. The van der Waals surface area contributed by atoms with Gasteiger partial charge in [-0.1, -0.05) is 5.16 Å². The Morgan fingerprint density at radius 1 is 1.54 bits per heavy atom. The topological polar surface area (TPSA) is 68.1 Å². The van der Waals surface area contributed by atoms with Crippen LogP contribution in [0.2, 0.25) is 0 Å². The van der Waals surface area contributed by atoms with Gasteiger partial charge in [-0.05, 0) is 19.3 Å². The van der Waals surface area contributed by atoms with Crippen LogP contribution in [0.15, 0.2) is 9.32 Å². The summed E-state index contributed by atoms with van der Waals surface area (Å²) in [6.07, 6.45) is 4.19. The predicted octanol–water partition coefficient (Wildman–Crippen LogP) is 0.474. The molecule has 2 rings (SSSR count). The van der Waals surface area contributed by atoms with Gasteiger partial charge in [0.1, 0.15) is 0 Å². The molecule has 0 radical (unpaired) electrons. The van der Waals surface area contributed by atoms with E-state index < -0.39 is 5.76 Å². The van der Waals surface area contributed by atoms with Gasteiger partial charge in [0.05, 0.1) is 6.10 Å². The second kappa shape index (κ2) is 3.74. The summed E-state index contributed by atoms with van der Waals surface area (Å²) in [7, 11) is 0. The zero-order valence-electron chi connectivity index (χ0n) is 7.28. The van der Waals surface area contributed by atoms with Crippen LogP contribution in [-0.4, -0.2) is 22.9 Å². The zero-order valence-corrected chi connectivity index (χ0v) is 7.28. The Kier molecular flexibility index (Phi) is 2.44. The number of aromatic amines is 1. The molecule has 1 fully saturated rings. The molecule has 1 aliphatic rings. The largest absolute Gasteiger partial charge is 0.438 e. The molecule has 1 aliphatic heterocycles. The van der Waals surface area contributed by atoms with Crippen molar-refractivity contribution in [2.24, 2.45) is 0 Å². The van der Waals surface area contributed by atoms with E-state index in [1.807, 2.05) is 0 Å². The monoisotopic (exact) mass is 184 g/mol. The molecule has 0 aliphatic carbocycles. The van der Waals surface area contributed by atoms with E-state index in [9.17, 15) is 4.79 Å². The minimum Gasteiger partial charge on any atom is -0.378 e. The van der Waals surface area contributed by atoms with Gasteiger partial charge >= 0.3 is 5.76 Å². The third-order valence-electron chi connectivity index (χ3n) is 2.18. The van der Waals surface area contributed by atoms with E-state index >= 15 is 0 Å². The number of hydrogen-bond donors (Lipinski definition) is 1. The average Bonchev–Trinajstić information content (AvgIpc) is 2.53. The molecule has 72 valence electrons. The summed E-state index contributed by atoms with van der Waals surface area (Å²) in [5, 5.41) is 3.59. The second-order valence-electron chi connectivity index (χ2n) is 3.23. The molecule has 1 unspecified atom stereocenters. The van der Waals surface area contributed by atoms with Gasteiger partial charge in [0.15, 0.2) is 5.82 Å². The van der Waals surface area contributed by atoms with Crippen LogP contribution in [0.1, 0.15) is 25.1 Å². The first-order valence-corrected chi connectivity index (χ1v) is 4.51. The summed E-state index contributed by atoms with van der Waals surface area (Å²) in [6.45, 7) is 0.812. The van der Waals surface area contributed by atoms with Crippen LogP contribution in [0, 0.1) is 0 Å². The molecule has 0 aromatic carbocycles. The highest BCUT2D eigenvalue weighted by Gasteiger charge is 2.16. The lowest BCUT2D eigenvalue weighted by atomic mass is 10.1. The predicted molar refractivity (Wildman–Crippen MR) is 44.4 cm³/mol. The van der Waals surface area contributed by atoms with Crippen molar-refractivity contribution in [1.82, 2.24) is 10.1 Å². The van der Waals surface area contributed by atoms with Crippen LogP contribution < -0.4 is 5.76 Å². The zero-order chi connectivity index (χ0) is 9.10. The van der Waals surface area contributed by atoms with Crippen molar-refractivity contribution in [3.63, 3.8) is 0 Å². The third-order valence-corrected chi connectivity index (χ3v) is 2.18. The number of rotatable bonds is 2. The van der Waals surface area contributed by atoms with Gasteiger partial charge < -0.3 is 4.74 Å². The van der Waals surface area contributed by atoms with E-state index in [0.29, 0.717) is 12.2 Å². The van der Waals surface area contributed by atoms with Gasteiger partial charge in [-0.2, -0.15) is 0 Å². The Bertz CT molecular complexity index is 311. The van der Waals surface area contributed by atoms with E-state index in [1.54, 1.807) is 0 Å². The highest BCUT2D eigenvalue weighted by molar-refractivity contribution is 4.83. The van der Waals surface area contributed by atoms with E-state index in [-0.39, 0.29) is 6.10 Å². The maximum absolute atomic E-state index is 10.6. The van der Waals surface area contributed by atoms with Crippen LogP contribution in [0.25, 0.3) is 0 Å². The van der Waals surface area contributed by atoms with Crippen molar-refractivity contribution in [1.29, 1.82) is 0 Å². The highest BCUT2D eigenvalue weighted by Crippen LogP contribution is 2.14. The van der Waals surface area contributed by atoms with Crippen molar-refractivity contribution in [2.75, 3.05) is 6.61 Å². The van der Waals surface area contributed by atoms with Crippen LogP contribution in [0.4, 0.5) is 0 Å². The first kappa shape index (κ1) is 8.50. The van der Waals surface area contributed by atoms with Crippen molar-refractivity contribution in [2.45, 2.75) is 31.8 Å². The fourth-order valence-electron chi connectivity index (χ4n) is 1.53. The summed E-state index contributed by atoms with van der Waals surface area (Å²) in [5.74, 6) is 0.0858. The Balaban J connectivity index is 1.93. The fourth-order valence-corrected chi connectivity index (χ4v) is 1.53. The van der Waals surface area contributed by atoms with Crippen molar-refractivity contribution >= 4 is 0 Å². The molecule has 5 heteroatoms. The van der Waals surface area contributed by atoms with Gasteiger partial charge in [-0.3, -0.25) is 9.51 Å². The molecular weight excluding hydrogens is 172 g/mol. The number of ether oxygens (including phenoxy) is 1. The smallest absolute Gasteiger partial charge is 0.378 e. The van der Waals surface area contributed by atoms with Crippen LogP contribution >= 0.6 is 0 Å². The number of aromatic nitrogens is 2. The summed E-state index contributed by atoms with van der Waals surface area (Å²) in [6, 6.07) is 0. The second-order valence-corrected chi connectivity index (χ2v) is 3.23. The molecule has 0 amide bonds. The SMILES string of the molecule is O=c1[nH]c(CC2CCCCO2)no1. The summed E-state index contributed by atoms with van der Waals surface area (Å²) in [4.78, 5) is 13.1.